The second kappa shape index (κ2) is 6.32. The van der Waals surface area contributed by atoms with E-state index in [1.165, 1.54) is 11.3 Å². The quantitative estimate of drug-likeness (QED) is 0.690. The Kier molecular flexibility index (Phi) is 3.98. The van der Waals surface area contributed by atoms with E-state index in [9.17, 15) is 10.1 Å². The summed E-state index contributed by atoms with van der Waals surface area (Å²) in [5.41, 5.74) is 3.11. The summed E-state index contributed by atoms with van der Waals surface area (Å²) in [6.07, 6.45) is 0. The van der Waals surface area contributed by atoms with E-state index in [0.29, 0.717) is 22.1 Å². The van der Waals surface area contributed by atoms with Crippen LogP contribution in [0.4, 0.5) is 5.00 Å². The molecule has 0 bridgehead atoms. The summed E-state index contributed by atoms with van der Waals surface area (Å²) in [5, 5.41) is 13.0. The zero-order valence-corrected chi connectivity index (χ0v) is 15.2. The molecule has 0 radical (unpaired) electrons. The number of carbonyl (C=O) groups is 1. The summed E-state index contributed by atoms with van der Waals surface area (Å²) in [6.45, 7) is 3.86. The predicted molar refractivity (Wildman–Crippen MR) is 102 cm³/mol. The molecule has 1 N–H and O–H groups in total. The Labute approximate surface area is 155 Å². The van der Waals surface area contributed by atoms with E-state index in [1.807, 2.05) is 62.4 Å². The van der Waals surface area contributed by atoms with Gasteiger partial charge in [-0.05, 0) is 31.5 Å². The van der Waals surface area contributed by atoms with Crippen LogP contribution in [-0.2, 0) is 4.79 Å². The number of hydrogen-bond donors (Lipinski definition) is 1. The van der Waals surface area contributed by atoms with Crippen LogP contribution in [-0.4, -0.2) is 5.91 Å². The van der Waals surface area contributed by atoms with Gasteiger partial charge in [-0.3, -0.25) is 4.79 Å². The van der Waals surface area contributed by atoms with Crippen molar-refractivity contribution in [2.75, 3.05) is 5.32 Å². The largest absolute Gasteiger partial charge is 0.457 e. The van der Waals surface area contributed by atoms with Crippen LogP contribution in [0.5, 0.6) is 11.5 Å². The summed E-state index contributed by atoms with van der Waals surface area (Å²) in [6, 6.07) is 17.3. The summed E-state index contributed by atoms with van der Waals surface area (Å²) >= 11 is 1.43. The van der Waals surface area contributed by atoms with E-state index in [2.05, 4.69) is 11.4 Å². The van der Waals surface area contributed by atoms with Gasteiger partial charge in [-0.2, -0.15) is 5.26 Å². The number of rotatable bonds is 2. The Hall–Kier alpha value is -3.10. The maximum atomic E-state index is 13.2. The maximum Gasteiger partial charge on any atom is 0.237 e. The highest BCUT2D eigenvalue weighted by atomic mass is 32.1. The number of nitrogens with zero attached hydrogens (tertiary/aromatic N) is 1. The van der Waals surface area contributed by atoms with Crippen molar-refractivity contribution >= 4 is 22.2 Å². The van der Waals surface area contributed by atoms with Gasteiger partial charge in [0, 0.05) is 16.0 Å². The lowest BCUT2D eigenvalue weighted by molar-refractivity contribution is -0.116. The van der Waals surface area contributed by atoms with Gasteiger partial charge in [0.2, 0.25) is 5.91 Å². The third kappa shape index (κ3) is 2.56. The summed E-state index contributed by atoms with van der Waals surface area (Å²) in [5.74, 6) is 0.729. The Morgan fingerprint density at radius 1 is 1.08 bits per heavy atom. The summed E-state index contributed by atoms with van der Waals surface area (Å²) in [4.78, 5) is 14.2. The Bertz CT molecular complexity index is 1020. The highest BCUT2D eigenvalue weighted by molar-refractivity contribution is 7.16. The Morgan fingerprint density at radius 3 is 2.23 bits per heavy atom. The normalized spacial score (nSPS) is 12.5. The molecule has 3 aromatic rings. The molecule has 1 aliphatic rings. The molecule has 26 heavy (non-hydrogen) atoms. The Balaban J connectivity index is 1.77. The lowest BCUT2D eigenvalue weighted by Gasteiger charge is -2.27. The van der Waals surface area contributed by atoms with Crippen molar-refractivity contribution in [2.45, 2.75) is 19.8 Å². The SMILES string of the molecule is Cc1sc(NC(=O)C2c3ccccc3Oc3ccccc32)c(C#N)c1C. The van der Waals surface area contributed by atoms with Crippen LogP contribution in [0, 0.1) is 25.2 Å². The van der Waals surface area contributed by atoms with Crippen molar-refractivity contribution in [2.24, 2.45) is 0 Å². The third-order valence-electron chi connectivity index (χ3n) is 4.68. The average molecular weight is 360 g/mol. The second-order valence-corrected chi connectivity index (χ2v) is 7.42. The molecule has 1 aliphatic heterocycles. The molecule has 1 aromatic heterocycles. The molecule has 4 nitrogen and oxygen atoms in total. The van der Waals surface area contributed by atoms with Crippen LogP contribution in [0.25, 0.3) is 0 Å². The number of nitrogens with one attached hydrogen (secondary N) is 1. The third-order valence-corrected chi connectivity index (χ3v) is 5.80. The van der Waals surface area contributed by atoms with Gasteiger partial charge in [0.05, 0.1) is 11.5 Å². The number of anilines is 1. The van der Waals surface area contributed by atoms with Crippen molar-refractivity contribution in [3.8, 4) is 17.6 Å². The minimum absolute atomic E-state index is 0.161. The minimum atomic E-state index is -0.481. The number of fused-ring (bicyclic) bond motifs is 2. The molecule has 0 atom stereocenters. The fourth-order valence-corrected chi connectivity index (χ4v) is 4.24. The van der Waals surface area contributed by atoms with Gasteiger partial charge in [0.25, 0.3) is 0 Å². The van der Waals surface area contributed by atoms with Gasteiger partial charge in [0.15, 0.2) is 0 Å². The van der Waals surface area contributed by atoms with Gasteiger partial charge in [-0.15, -0.1) is 11.3 Å². The molecule has 128 valence electrons. The topological polar surface area (TPSA) is 62.1 Å². The summed E-state index contributed by atoms with van der Waals surface area (Å²) < 4.78 is 5.95. The first-order valence-electron chi connectivity index (χ1n) is 8.26. The van der Waals surface area contributed by atoms with Gasteiger partial charge in [-0.25, -0.2) is 0 Å². The fraction of sp³-hybridized carbons (Fsp3) is 0.143. The zero-order chi connectivity index (χ0) is 18.3. The van der Waals surface area contributed by atoms with E-state index in [1.54, 1.807) is 0 Å². The lowest BCUT2D eigenvalue weighted by Crippen LogP contribution is -2.25. The minimum Gasteiger partial charge on any atom is -0.457 e. The Morgan fingerprint density at radius 2 is 1.65 bits per heavy atom. The molecular weight excluding hydrogens is 344 g/mol. The first-order valence-corrected chi connectivity index (χ1v) is 9.08. The van der Waals surface area contributed by atoms with E-state index in [-0.39, 0.29) is 5.91 Å². The number of para-hydroxylation sites is 2. The lowest BCUT2D eigenvalue weighted by atomic mass is 9.87. The standard InChI is InChI=1S/C21H16N2O2S/c1-12-13(2)26-21(16(12)11-22)23-20(24)19-14-7-3-5-9-17(14)25-18-10-6-4-8-15(18)19/h3-10,19H,1-2H3,(H,23,24). The monoisotopic (exact) mass is 360 g/mol. The molecule has 0 unspecified atom stereocenters. The van der Waals surface area contributed by atoms with Crippen LogP contribution in [0.1, 0.15) is 33.0 Å². The van der Waals surface area contributed by atoms with Crippen LogP contribution in [0.15, 0.2) is 48.5 Å². The number of carbonyl (C=O) groups excluding carboxylic acids is 1. The first kappa shape index (κ1) is 16.4. The second-order valence-electron chi connectivity index (χ2n) is 6.20. The smallest absolute Gasteiger partial charge is 0.237 e. The van der Waals surface area contributed by atoms with Crippen molar-refractivity contribution < 1.29 is 9.53 Å². The fourth-order valence-electron chi connectivity index (χ4n) is 3.23. The van der Waals surface area contributed by atoms with Crippen molar-refractivity contribution in [1.29, 1.82) is 5.26 Å². The molecule has 5 heteroatoms. The number of hydrogen-bond acceptors (Lipinski definition) is 4. The molecule has 0 aliphatic carbocycles. The molecule has 4 rings (SSSR count). The van der Waals surface area contributed by atoms with E-state index in [0.717, 1.165) is 21.6 Å². The van der Waals surface area contributed by atoms with Crippen molar-refractivity contribution in [1.82, 2.24) is 0 Å². The predicted octanol–water partition coefficient (Wildman–Crippen LogP) is 5.11. The molecular formula is C21H16N2O2S. The van der Waals surface area contributed by atoms with E-state index < -0.39 is 5.92 Å². The van der Waals surface area contributed by atoms with Gasteiger partial charge >= 0.3 is 0 Å². The van der Waals surface area contributed by atoms with Gasteiger partial charge in [-0.1, -0.05) is 36.4 Å². The van der Waals surface area contributed by atoms with Crippen LogP contribution in [0.2, 0.25) is 0 Å². The van der Waals surface area contributed by atoms with Crippen LogP contribution in [0.3, 0.4) is 0 Å². The number of nitriles is 1. The highest BCUT2D eigenvalue weighted by Gasteiger charge is 2.33. The molecule has 0 saturated heterocycles. The molecule has 0 saturated carbocycles. The molecule has 2 heterocycles. The van der Waals surface area contributed by atoms with Crippen LogP contribution < -0.4 is 10.1 Å². The van der Waals surface area contributed by atoms with E-state index in [4.69, 9.17) is 4.74 Å². The summed E-state index contributed by atoms with van der Waals surface area (Å²) in [7, 11) is 0. The van der Waals surface area contributed by atoms with Gasteiger partial charge in [0.1, 0.15) is 22.6 Å². The molecule has 0 fully saturated rings. The van der Waals surface area contributed by atoms with E-state index >= 15 is 0 Å². The zero-order valence-electron chi connectivity index (χ0n) is 14.4. The van der Waals surface area contributed by atoms with Gasteiger partial charge < -0.3 is 10.1 Å². The highest BCUT2D eigenvalue weighted by Crippen LogP contribution is 2.44. The number of benzene rings is 2. The number of amides is 1. The number of aryl methyl sites for hydroxylation is 1. The van der Waals surface area contributed by atoms with Crippen molar-refractivity contribution in [3.05, 3.63) is 75.7 Å². The molecule has 0 spiro atoms. The number of thiophene rings is 1. The number of ether oxygens (including phenoxy) is 1. The van der Waals surface area contributed by atoms with Crippen molar-refractivity contribution in [3.63, 3.8) is 0 Å². The van der Waals surface area contributed by atoms with Crippen LogP contribution >= 0.6 is 11.3 Å². The molecule has 2 aromatic carbocycles. The average Bonchev–Trinajstić information content (AvgIpc) is 2.92. The maximum absolute atomic E-state index is 13.2. The first-order chi connectivity index (χ1) is 12.6. The molecule has 1 amide bonds.